The van der Waals surface area contributed by atoms with E-state index in [0.29, 0.717) is 0 Å². The number of rotatable bonds is 9. The van der Waals surface area contributed by atoms with Crippen LogP contribution in [-0.2, 0) is 6.54 Å². The topological polar surface area (TPSA) is 27.3 Å². The van der Waals surface area contributed by atoms with Gasteiger partial charge in [-0.1, -0.05) is 30.3 Å². The largest absolute Gasteiger partial charge is 0.318 e. The first-order chi connectivity index (χ1) is 12.1. The highest BCUT2D eigenvalue weighted by Gasteiger charge is 2.39. The van der Waals surface area contributed by atoms with Crippen molar-refractivity contribution in [2.24, 2.45) is 0 Å². The minimum atomic E-state index is -0.0237. The first-order valence-corrected chi connectivity index (χ1v) is 10.6. The number of benzene rings is 1. The summed E-state index contributed by atoms with van der Waals surface area (Å²) in [5, 5.41) is 7.19. The lowest BCUT2D eigenvalue weighted by Gasteiger charge is -2.47. The Kier molecular flexibility index (Phi) is 7.93. The Balaban J connectivity index is 2.01. The third-order valence-corrected chi connectivity index (χ3v) is 5.71. The van der Waals surface area contributed by atoms with E-state index in [1.54, 1.807) is 0 Å². The molecule has 0 bridgehead atoms. The number of hydrogen-bond donors (Lipinski definition) is 4. The van der Waals surface area contributed by atoms with Gasteiger partial charge < -0.3 is 10.6 Å². The summed E-state index contributed by atoms with van der Waals surface area (Å²) in [6.07, 6.45) is 3.38. The average Bonchev–Trinajstić information content (AvgIpc) is 2.55. The van der Waals surface area contributed by atoms with Crippen LogP contribution < -0.4 is 10.6 Å². The molecule has 0 amide bonds. The SMILES string of the molecule is CNCC(C)(S)CC1(NCC(C)(C)S)CCN(Cc2ccccc2)CC1. The van der Waals surface area contributed by atoms with E-state index in [1.807, 2.05) is 7.05 Å². The van der Waals surface area contributed by atoms with Gasteiger partial charge in [0, 0.05) is 47.8 Å². The molecule has 0 aromatic heterocycles. The highest BCUT2D eigenvalue weighted by Crippen LogP contribution is 2.34. The van der Waals surface area contributed by atoms with Gasteiger partial charge >= 0.3 is 0 Å². The summed E-state index contributed by atoms with van der Waals surface area (Å²) in [4.78, 5) is 2.58. The van der Waals surface area contributed by atoms with Crippen LogP contribution in [0.25, 0.3) is 0 Å². The fraction of sp³-hybridized carbons (Fsp3) is 0.714. The molecular weight excluding hydrogens is 358 g/mol. The van der Waals surface area contributed by atoms with Crippen LogP contribution in [0.5, 0.6) is 0 Å². The summed E-state index contributed by atoms with van der Waals surface area (Å²) < 4.78 is -0.0335. The molecule has 1 saturated heterocycles. The van der Waals surface area contributed by atoms with Crippen molar-refractivity contribution < 1.29 is 0 Å². The number of nitrogens with one attached hydrogen (secondary N) is 2. The molecule has 1 atom stereocenters. The van der Waals surface area contributed by atoms with E-state index in [1.165, 1.54) is 5.56 Å². The first kappa shape index (κ1) is 22.1. The zero-order chi connectivity index (χ0) is 19.3. The molecule has 5 heteroatoms. The van der Waals surface area contributed by atoms with Crippen LogP contribution in [0.3, 0.4) is 0 Å². The first-order valence-electron chi connectivity index (χ1n) is 9.74. The highest BCUT2D eigenvalue weighted by molar-refractivity contribution is 7.82. The van der Waals surface area contributed by atoms with Crippen LogP contribution in [0.1, 0.15) is 45.6 Å². The van der Waals surface area contributed by atoms with E-state index in [4.69, 9.17) is 25.3 Å². The fourth-order valence-corrected chi connectivity index (χ4v) is 4.51. The molecule has 1 unspecified atom stereocenters. The van der Waals surface area contributed by atoms with Crippen LogP contribution in [-0.4, -0.2) is 53.2 Å². The summed E-state index contributed by atoms with van der Waals surface area (Å²) in [6, 6.07) is 10.8. The monoisotopic (exact) mass is 395 g/mol. The van der Waals surface area contributed by atoms with E-state index < -0.39 is 0 Å². The van der Waals surface area contributed by atoms with Crippen LogP contribution in [0.15, 0.2) is 30.3 Å². The number of likely N-dealkylation sites (tertiary alicyclic amines) is 1. The Morgan fingerprint density at radius 2 is 1.65 bits per heavy atom. The van der Waals surface area contributed by atoms with E-state index in [0.717, 1.165) is 52.0 Å². The Bertz CT molecular complexity index is 532. The smallest absolute Gasteiger partial charge is 0.0243 e. The minimum Gasteiger partial charge on any atom is -0.318 e. The van der Waals surface area contributed by atoms with Crippen molar-refractivity contribution >= 4 is 25.3 Å². The molecule has 3 nitrogen and oxygen atoms in total. The lowest BCUT2D eigenvalue weighted by atomic mass is 9.79. The third-order valence-electron chi connectivity index (χ3n) is 5.24. The van der Waals surface area contributed by atoms with Crippen LogP contribution in [0.2, 0.25) is 0 Å². The summed E-state index contributed by atoms with van der Waals surface area (Å²) in [6.45, 7) is 11.7. The molecule has 1 aliphatic rings. The second-order valence-corrected chi connectivity index (χ2v) is 11.2. The summed E-state index contributed by atoms with van der Waals surface area (Å²) in [5.41, 5.74) is 1.54. The fourth-order valence-electron chi connectivity index (χ4n) is 3.97. The second kappa shape index (κ2) is 9.33. The maximum atomic E-state index is 4.96. The van der Waals surface area contributed by atoms with Gasteiger partial charge in [-0.2, -0.15) is 25.3 Å². The van der Waals surface area contributed by atoms with Crippen LogP contribution in [0.4, 0.5) is 0 Å². The summed E-state index contributed by atoms with van der Waals surface area (Å²) in [7, 11) is 2.01. The van der Waals surface area contributed by atoms with Crippen LogP contribution in [0, 0.1) is 0 Å². The Labute approximate surface area is 171 Å². The van der Waals surface area contributed by atoms with Gasteiger partial charge in [0.15, 0.2) is 0 Å². The number of piperidine rings is 1. The number of nitrogens with zero attached hydrogens (tertiary/aromatic N) is 1. The van der Waals surface area contributed by atoms with Crippen molar-refractivity contribution in [3.63, 3.8) is 0 Å². The summed E-state index contributed by atoms with van der Waals surface area (Å²) >= 11 is 9.69. The summed E-state index contributed by atoms with van der Waals surface area (Å²) in [5.74, 6) is 0. The van der Waals surface area contributed by atoms with E-state index >= 15 is 0 Å². The van der Waals surface area contributed by atoms with Gasteiger partial charge in [0.2, 0.25) is 0 Å². The quantitative estimate of drug-likeness (QED) is 0.481. The van der Waals surface area contributed by atoms with Crippen molar-refractivity contribution in [1.82, 2.24) is 15.5 Å². The van der Waals surface area contributed by atoms with Crippen molar-refractivity contribution in [2.45, 2.75) is 61.6 Å². The second-order valence-electron chi connectivity index (χ2n) is 8.91. The van der Waals surface area contributed by atoms with Gasteiger partial charge in [0.1, 0.15) is 0 Å². The Hall–Kier alpha value is -0.200. The minimum absolute atomic E-state index is 0.00974. The Morgan fingerprint density at radius 3 is 2.19 bits per heavy atom. The van der Waals surface area contributed by atoms with Gasteiger partial charge in [-0.3, -0.25) is 4.90 Å². The van der Waals surface area contributed by atoms with E-state index in [2.05, 4.69) is 66.6 Å². The van der Waals surface area contributed by atoms with E-state index in [9.17, 15) is 0 Å². The van der Waals surface area contributed by atoms with Crippen molar-refractivity contribution in [2.75, 3.05) is 33.2 Å². The van der Waals surface area contributed by atoms with Gasteiger partial charge in [-0.15, -0.1) is 0 Å². The maximum absolute atomic E-state index is 4.96. The molecule has 26 heavy (non-hydrogen) atoms. The lowest BCUT2D eigenvalue weighted by Crippen LogP contribution is -2.58. The molecule has 1 aromatic carbocycles. The van der Waals surface area contributed by atoms with E-state index in [-0.39, 0.29) is 15.0 Å². The van der Waals surface area contributed by atoms with Crippen LogP contribution >= 0.6 is 25.3 Å². The van der Waals surface area contributed by atoms with Gasteiger partial charge in [-0.05, 0) is 52.6 Å². The molecular formula is C21H37N3S2. The molecule has 0 radical (unpaired) electrons. The Morgan fingerprint density at radius 1 is 1.04 bits per heavy atom. The molecule has 2 N–H and O–H groups in total. The predicted molar refractivity (Wildman–Crippen MR) is 121 cm³/mol. The molecule has 1 aromatic rings. The average molecular weight is 396 g/mol. The molecule has 0 saturated carbocycles. The third kappa shape index (κ3) is 7.43. The molecule has 2 rings (SSSR count). The zero-order valence-electron chi connectivity index (χ0n) is 16.9. The molecule has 1 fully saturated rings. The van der Waals surface area contributed by atoms with Gasteiger partial charge in [0.25, 0.3) is 0 Å². The zero-order valence-corrected chi connectivity index (χ0v) is 18.7. The van der Waals surface area contributed by atoms with Gasteiger partial charge in [0.05, 0.1) is 0 Å². The van der Waals surface area contributed by atoms with Crippen molar-refractivity contribution in [1.29, 1.82) is 0 Å². The van der Waals surface area contributed by atoms with Crippen molar-refractivity contribution in [3.8, 4) is 0 Å². The highest BCUT2D eigenvalue weighted by atomic mass is 32.1. The van der Waals surface area contributed by atoms with Gasteiger partial charge in [-0.25, -0.2) is 0 Å². The standard InChI is InChI=1S/C21H37N3S2/c1-19(2,25)16-23-21(15-20(3,26)17-22-4)10-12-24(13-11-21)14-18-8-6-5-7-9-18/h5-9,22-23,25-26H,10-17H2,1-4H3. The number of hydrogen-bond acceptors (Lipinski definition) is 5. The molecule has 0 spiro atoms. The molecule has 1 aliphatic heterocycles. The maximum Gasteiger partial charge on any atom is 0.0243 e. The molecule has 148 valence electrons. The lowest BCUT2D eigenvalue weighted by molar-refractivity contribution is 0.113. The predicted octanol–water partition coefficient (Wildman–Crippen LogP) is 3.62. The van der Waals surface area contributed by atoms with Crippen molar-refractivity contribution in [3.05, 3.63) is 35.9 Å². The molecule has 1 heterocycles. The molecule has 0 aliphatic carbocycles. The normalized spacial score (nSPS) is 20.7. The number of thiol groups is 2.